The lowest BCUT2D eigenvalue weighted by atomic mass is 9.99. The van der Waals surface area contributed by atoms with Gasteiger partial charge in [-0.15, -0.1) is 0 Å². The predicted molar refractivity (Wildman–Crippen MR) is 92.7 cm³/mol. The summed E-state index contributed by atoms with van der Waals surface area (Å²) < 4.78 is 11.8. The molecule has 0 saturated heterocycles. The van der Waals surface area contributed by atoms with E-state index in [1.807, 2.05) is 39.3 Å². The van der Waals surface area contributed by atoms with Crippen LogP contribution in [0.15, 0.2) is 11.8 Å². The molecule has 0 bridgehead atoms. The van der Waals surface area contributed by atoms with Gasteiger partial charge in [-0.3, -0.25) is 4.79 Å². The smallest absolute Gasteiger partial charge is 0.189 e. The van der Waals surface area contributed by atoms with E-state index in [1.165, 1.54) is 6.08 Å². The molecule has 4 nitrogen and oxygen atoms in total. The van der Waals surface area contributed by atoms with Gasteiger partial charge < -0.3 is 14.0 Å². The fourth-order valence-electron chi connectivity index (χ4n) is 2.11. The fourth-order valence-corrected chi connectivity index (χ4v) is 5.37. The Bertz CT molecular complexity index is 412. The van der Waals surface area contributed by atoms with Crippen molar-refractivity contribution in [2.45, 2.75) is 78.2 Å². The molecule has 0 saturated carbocycles. The zero-order valence-corrected chi connectivity index (χ0v) is 17.2. The van der Waals surface area contributed by atoms with Gasteiger partial charge in [-0.25, -0.2) is 0 Å². The van der Waals surface area contributed by atoms with E-state index in [-0.39, 0.29) is 11.5 Å². The molecular weight excluding hydrogens is 300 g/mol. The van der Waals surface area contributed by atoms with Crippen molar-refractivity contribution < 1.29 is 18.8 Å². The largest absolute Gasteiger partial charge is 0.509 e. The summed E-state index contributed by atoms with van der Waals surface area (Å²) in [5, 5.41) is 10.3. The molecule has 0 atom stereocenters. The summed E-state index contributed by atoms with van der Waals surface area (Å²) in [5.74, 6) is -0.295. The minimum atomic E-state index is -1.85. The lowest BCUT2D eigenvalue weighted by Crippen LogP contribution is -2.44. The lowest BCUT2D eigenvalue weighted by molar-refractivity contribution is -0.127. The summed E-state index contributed by atoms with van der Waals surface area (Å²) in [6, 6.07) is 0. The highest BCUT2D eigenvalue weighted by Gasteiger charge is 2.36. The first kappa shape index (κ1) is 20.6. The van der Waals surface area contributed by atoms with Crippen molar-refractivity contribution in [3.63, 3.8) is 0 Å². The van der Waals surface area contributed by atoms with E-state index in [4.69, 9.17) is 8.85 Å². The number of ketones is 1. The van der Waals surface area contributed by atoms with E-state index in [2.05, 4.69) is 0 Å². The normalized spacial score (nSPS) is 15.2. The van der Waals surface area contributed by atoms with Crippen molar-refractivity contribution in [3.8, 4) is 0 Å². The molecule has 0 aliphatic carbocycles. The highest BCUT2D eigenvalue weighted by Crippen LogP contribution is 2.26. The number of aliphatic hydroxyl groups excluding tert-OH is 1. The van der Waals surface area contributed by atoms with Crippen LogP contribution in [-0.4, -0.2) is 38.7 Å². The van der Waals surface area contributed by atoms with E-state index >= 15 is 0 Å². The second kappa shape index (κ2) is 6.36. The number of carbonyl (C=O) groups excluding carboxylic acids is 1. The van der Waals surface area contributed by atoms with Crippen LogP contribution in [0.1, 0.15) is 27.7 Å². The van der Waals surface area contributed by atoms with Gasteiger partial charge in [0.05, 0.1) is 0 Å². The third-order valence-electron chi connectivity index (χ3n) is 2.60. The summed E-state index contributed by atoms with van der Waals surface area (Å²) in [6.07, 6.45) is 1.25. The van der Waals surface area contributed by atoms with Crippen molar-refractivity contribution in [3.05, 3.63) is 11.8 Å². The standard InChI is InChI=1S/C15H32O4Si2/c1-14(2,18-20(5,6)7)12(16)11-13(17)15(3,4)19-21(8,9)10/h11,16H,1-10H3. The Morgan fingerprint density at radius 1 is 0.857 bits per heavy atom. The molecule has 1 N–H and O–H groups in total. The fraction of sp³-hybridized carbons (Fsp3) is 0.800. The van der Waals surface area contributed by atoms with Crippen LogP contribution >= 0.6 is 0 Å². The number of carbonyl (C=O) groups is 1. The summed E-state index contributed by atoms with van der Waals surface area (Å²) in [7, 11) is -3.67. The van der Waals surface area contributed by atoms with Crippen LogP contribution in [0.2, 0.25) is 39.3 Å². The topological polar surface area (TPSA) is 55.8 Å². The first-order valence-corrected chi connectivity index (χ1v) is 14.1. The molecule has 0 aromatic rings. The average molecular weight is 333 g/mol. The van der Waals surface area contributed by atoms with E-state index in [1.54, 1.807) is 27.7 Å². The van der Waals surface area contributed by atoms with Gasteiger partial charge in [-0.05, 0) is 67.0 Å². The van der Waals surface area contributed by atoms with Gasteiger partial charge in [0.25, 0.3) is 0 Å². The van der Waals surface area contributed by atoms with Crippen LogP contribution in [0.25, 0.3) is 0 Å². The van der Waals surface area contributed by atoms with E-state index in [0.29, 0.717) is 0 Å². The number of hydrogen-bond acceptors (Lipinski definition) is 4. The highest BCUT2D eigenvalue weighted by atomic mass is 28.4. The molecule has 0 rings (SSSR count). The zero-order chi connectivity index (χ0) is 17.3. The van der Waals surface area contributed by atoms with Gasteiger partial charge >= 0.3 is 0 Å². The van der Waals surface area contributed by atoms with Crippen molar-refractivity contribution in [1.82, 2.24) is 0 Å². The van der Waals surface area contributed by atoms with Crippen LogP contribution in [-0.2, 0) is 13.6 Å². The molecule has 0 aliphatic rings. The van der Waals surface area contributed by atoms with Crippen LogP contribution in [0.5, 0.6) is 0 Å². The predicted octanol–water partition coefficient (Wildman–Crippen LogP) is 4.26. The van der Waals surface area contributed by atoms with E-state index in [9.17, 15) is 9.90 Å². The van der Waals surface area contributed by atoms with Gasteiger partial charge in [0, 0.05) is 6.08 Å². The first-order valence-electron chi connectivity index (χ1n) is 7.32. The molecule has 0 heterocycles. The van der Waals surface area contributed by atoms with E-state index in [0.717, 1.165) is 0 Å². The van der Waals surface area contributed by atoms with Gasteiger partial charge in [-0.2, -0.15) is 0 Å². The molecule has 0 fully saturated rings. The maximum absolute atomic E-state index is 12.4. The van der Waals surface area contributed by atoms with Crippen molar-refractivity contribution in [1.29, 1.82) is 0 Å². The molecule has 0 aromatic heterocycles. The maximum Gasteiger partial charge on any atom is 0.189 e. The quantitative estimate of drug-likeness (QED) is 0.430. The van der Waals surface area contributed by atoms with Gasteiger partial charge in [0.2, 0.25) is 0 Å². The Balaban J connectivity index is 5.19. The van der Waals surface area contributed by atoms with Crippen LogP contribution in [0.3, 0.4) is 0 Å². The second-order valence-corrected chi connectivity index (χ2v) is 17.2. The average Bonchev–Trinajstić information content (AvgIpc) is 2.08. The van der Waals surface area contributed by atoms with Gasteiger partial charge in [-0.1, -0.05) is 0 Å². The Labute approximate surface area is 131 Å². The van der Waals surface area contributed by atoms with Crippen molar-refractivity contribution in [2.75, 3.05) is 0 Å². The van der Waals surface area contributed by atoms with Crippen LogP contribution in [0, 0.1) is 0 Å². The maximum atomic E-state index is 12.4. The molecule has 0 spiro atoms. The SMILES string of the molecule is CC(C)(O[Si](C)(C)C)C(=O)C=C(O)C(C)(C)O[Si](C)(C)C. The summed E-state index contributed by atoms with van der Waals surface area (Å²) >= 11 is 0. The molecule has 124 valence electrons. The molecule has 0 aliphatic heterocycles. The van der Waals surface area contributed by atoms with Crippen LogP contribution < -0.4 is 0 Å². The third-order valence-corrected chi connectivity index (χ3v) is 4.85. The molecule has 0 aromatic carbocycles. The Kier molecular flexibility index (Phi) is 6.23. The Hall–Kier alpha value is -0.436. The minimum absolute atomic E-state index is 0.0535. The minimum Gasteiger partial charge on any atom is -0.509 e. The van der Waals surface area contributed by atoms with E-state index < -0.39 is 27.8 Å². The first-order chi connectivity index (χ1) is 8.96. The molecule has 6 heteroatoms. The summed E-state index contributed by atoms with van der Waals surface area (Å²) in [6.45, 7) is 19.3. The summed E-state index contributed by atoms with van der Waals surface area (Å²) in [4.78, 5) is 12.4. The zero-order valence-electron chi connectivity index (χ0n) is 15.2. The molecule has 21 heavy (non-hydrogen) atoms. The molecular formula is C15H32O4Si2. The Morgan fingerprint density at radius 2 is 1.19 bits per heavy atom. The monoisotopic (exact) mass is 332 g/mol. The molecule has 0 unspecified atom stereocenters. The van der Waals surface area contributed by atoms with Crippen molar-refractivity contribution >= 4 is 22.4 Å². The Morgan fingerprint density at radius 3 is 1.52 bits per heavy atom. The van der Waals surface area contributed by atoms with Gasteiger partial charge in [0.1, 0.15) is 17.0 Å². The molecule has 0 amide bonds. The number of hydrogen-bond donors (Lipinski definition) is 1. The van der Waals surface area contributed by atoms with Crippen molar-refractivity contribution in [2.24, 2.45) is 0 Å². The van der Waals surface area contributed by atoms with Crippen LogP contribution in [0.4, 0.5) is 0 Å². The molecule has 0 radical (unpaired) electrons. The second-order valence-electron chi connectivity index (χ2n) is 8.34. The summed E-state index contributed by atoms with van der Waals surface area (Å²) in [5.41, 5.74) is -1.80. The lowest BCUT2D eigenvalue weighted by Gasteiger charge is -2.34. The number of aliphatic hydroxyl groups is 1. The van der Waals surface area contributed by atoms with Gasteiger partial charge in [0.15, 0.2) is 22.4 Å². The number of rotatable bonds is 7. The highest BCUT2D eigenvalue weighted by molar-refractivity contribution is 6.70. The third kappa shape index (κ3) is 7.94.